The van der Waals surface area contributed by atoms with Gasteiger partial charge in [0.15, 0.2) is 5.78 Å². The Morgan fingerprint density at radius 2 is 1.88 bits per heavy atom. The maximum absolute atomic E-state index is 14.0. The van der Waals surface area contributed by atoms with Crippen LogP contribution in [-0.2, 0) is 20.7 Å². The lowest BCUT2D eigenvalue weighted by Gasteiger charge is -2.33. The monoisotopic (exact) mass is 520 g/mol. The smallest absolute Gasteiger partial charge is 0.306 e. The highest BCUT2D eigenvalue weighted by Crippen LogP contribution is 2.35. The zero-order valence-corrected chi connectivity index (χ0v) is 20.3. The number of methoxy groups -OCH3 is 1. The Morgan fingerprint density at radius 1 is 1.12 bits per heavy atom. The number of nitrogens with one attached hydrogen (secondary N) is 2. The Hall–Kier alpha value is -3.45. The molecule has 1 aliphatic rings. The second-order valence-electron chi connectivity index (χ2n) is 8.36. The van der Waals surface area contributed by atoms with Gasteiger partial charge in [-0.2, -0.15) is 0 Å². The number of fused-ring (bicyclic) bond motifs is 1. The molecule has 0 aliphatic heterocycles. The molecule has 0 saturated heterocycles. The summed E-state index contributed by atoms with van der Waals surface area (Å²) in [6, 6.07) is 13.9. The molecular weight excluding hydrogens is 496 g/mol. The molecule has 174 valence electrons. The predicted octanol–water partition coefficient (Wildman–Crippen LogP) is 4.91. The topological polar surface area (TPSA) is 88.3 Å². The van der Waals surface area contributed by atoms with E-state index in [1.807, 2.05) is 42.6 Å². The molecule has 2 N–H and O–H groups in total. The van der Waals surface area contributed by atoms with E-state index < -0.39 is 17.4 Å². The number of allylic oxidation sites excluding steroid dienone is 4. The molecule has 1 heterocycles. The van der Waals surface area contributed by atoms with E-state index in [1.54, 1.807) is 36.4 Å². The number of ether oxygens (including phenoxy) is 1. The van der Waals surface area contributed by atoms with Crippen molar-refractivity contribution in [1.29, 1.82) is 0 Å². The normalized spacial score (nSPS) is 17.9. The van der Waals surface area contributed by atoms with E-state index in [1.165, 1.54) is 7.11 Å². The van der Waals surface area contributed by atoms with Crippen LogP contribution in [0.3, 0.4) is 0 Å². The van der Waals surface area contributed by atoms with E-state index in [4.69, 9.17) is 4.74 Å². The van der Waals surface area contributed by atoms with Gasteiger partial charge < -0.3 is 15.0 Å². The molecule has 4 rings (SSSR count). The molecule has 1 aromatic heterocycles. The van der Waals surface area contributed by atoms with Gasteiger partial charge in [0.05, 0.1) is 25.0 Å². The van der Waals surface area contributed by atoms with Crippen LogP contribution in [0.1, 0.15) is 28.8 Å². The van der Waals surface area contributed by atoms with Crippen molar-refractivity contribution in [3.63, 3.8) is 0 Å². The first kappa shape index (κ1) is 23.7. The van der Waals surface area contributed by atoms with Gasteiger partial charge in [-0.3, -0.25) is 14.4 Å². The molecule has 7 heteroatoms. The maximum Gasteiger partial charge on any atom is 0.306 e. The fraction of sp³-hybridized carbons (Fsp3) is 0.222. The van der Waals surface area contributed by atoms with Gasteiger partial charge >= 0.3 is 5.97 Å². The Balaban J connectivity index is 1.69. The maximum atomic E-state index is 14.0. The minimum atomic E-state index is -1.09. The van der Waals surface area contributed by atoms with E-state index in [-0.39, 0.29) is 24.5 Å². The van der Waals surface area contributed by atoms with Crippen molar-refractivity contribution < 1.29 is 19.1 Å². The molecule has 1 aliphatic carbocycles. The number of halogens is 1. The number of ketones is 1. The predicted molar refractivity (Wildman–Crippen MR) is 134 cm³/mol. The van der Waals surface area contributed by atoms with Crippen LogP contribution in [0.5, 0.6) is 0 Å². The number of esters is 1. The van der Waals surface area contributed by atoms with Crippen molar-refractivity contribution in [3.8, 4) is 0 Å². The van der Waals surface area contributed by atoms with Crippen molar-refractivity contribution in [2.45, 2.75) is 25.3 Å². The molecule has 3 aromatic rings. The fourth-order valence-corrected chi connectivity index (χ4v) is 4.58. The summed E-state index contributed by atoms with van der Waals surface area (Å²) < 4.78 is 5.74. The van der Waals surface area contributed by atoms with Crippen LogP contribution >= 0.6 is 15.9 Å². The number of carbonyl (C=O) groups is 3. The number of aromatic amines is 1. The second kappa shape index (κ2) is 10.2. The summed E-state index contributed by atoms with van der Waals surface area (Å²) >= 11 is 3.37. The van der Waals surface area contributed by atoms with Gasteiger partial charge in [0.25, 0.3) is 5.91 Å². The molecule has 0 spiro atoms. The third kappa shape index (κ3) is 5.04. The summed E-state index contributed by atoms with van der Waals surface area (Å²) in [5.74, 6) is -1.05. The zero-order chi connectivity index (χ0) is 24.1. The highest BCUT2D eigenvalue weighted by atomic mass is 79.9. The Kier molecular flexibility index (Phi) is 7.12. The van der Waals surface area contributed by atoms with Crippen molar-refractivity contribution in [2.75, 3.05) is 7.11 Å². The molecule has 6 nitrogen and oxygen atoms in total. The summed E-state index contributed by atoms with van der Waals surface area (Å²) in [6.45, 7) is 0. The number of para-hydroxylation sites is 1. The standard InChI is InChI=1S/C27H25BrN2O4/c1-34-24(31)16-27(13-5-2-6-14-27)25(32)23(30-26(33)18-9-11-20(28)12-10-18)15-19-17-29-22-8-4-3-7-21(19)22/h2-13,17,23,29H,14-16H2,1H3,(H,30,33)/t23-,27?/m0/s1. The van der Waals surface area contributed by atoms with Gasteiger partial charge in [-0.15, -0.1) is 0 Å². The lowest BCUT2D eigenvalue weighted by molar-refractivity contribution is -0.146. The van der Waals surface area contributed by atoms with Crippen molar-refractivity contribution >= 4 is 44.5 Å². The minimum Gasteiger partial charge on any atom is -0.469 e. The number of rotatable bonds is 8. The van der Waals surface area contributed by atoms with E-state index in [9.17, 15) is 14.4 Å². The quantitative estimate of drug-likeness (QED) is 0.413. The summed E-state index contributed by atoms with van der Waals surface area (Å²) in [7, 11) is 1.31. The third-order valence-corrected chi connectivity index (χ3v) is 6.68. The lowest BCUT2D eigenvalue weighted by Crippen LogP contribution is -2.49. The number of carbonyl (C=O) groups excluding carboxylic acids is 3. The van der Waals surface area contributed by atoms with Crippen molar-refractivity contribution in [1.82, 2.24) is 10.3 Å². The molecule has 2 atom stereocenters. The minimum absolute atomic E-state index is 0.0955. The molecule has 2 aromatic carbocycles. The zero-order valence-electron chi connectivity index (χ0n) is 18.7. The van der Waals surface area contributed by atoms with Gasteiger partial charge in [-0.25, -0.2) is 0 Å². The number of amides is 1. The van der Waals surface area contributed by atoms with E-state index in [2.05, 4.69) is 26.2 Å². The number of hydrogen-bond acceptors (Lipinski definition) is 4. The molecule has 1 unspecified atom stereocenters. The van der Waals surface area contributed by atoms with Crippen LogP contribution in [0.4, 0.5) is 0 Å². The second-order valence-corrected chi connectivity index (χ2v) is 9.28. The average molecular weight is 521 g/mol. The number of H-pyrrole nitrogens is 1. The highest BCUT2D eigenvalue weighted by Gasteiger charge is 2.42. The Morgan fingerprint density at radius 3 is 2.59 bits per heavy atom. The van der Waals surface area contributed by atoms with Crippen LogP contribution in [0.2, 0.25) is 0 Å². The van der Waals surface area contributed by atoms with Crippen molar-refractivity contribution in [3.05, 3.63) is 94.6 Å². The molecule has 0 radical (unpaired) electrons. The lowest BCUT2D eigenvalue weighted by atomic mass is 9.72. The van der Waals surface area contributed by atoms with E-state index in [0.717, 1.165) is 20.9 Å². The number of hydrogen-bond donors (Lipinski definition) is 2. The third-order valence-electron chi connectivity index (χ3n) is 6.15. The summed E-state index contributed by atoms with van der Waals surface area (Å²) in [6.07, 6.45) is 9.63. The Bertz CT molecular complexity index is 1280. The number of Topliss-reactive ketones (excluding diaryl/α,β-unsaturated/α-hetero) is 1. The fourth-order valence-electron chi connectivity index (χ4n) is 4.31. The van der Waals surface area contributed by atoms with Gasteiger partial charge in [-0.05, 0) is 42.3 Å². The molecule has 0 bridgehead atoms. The van der Waals surface area contributed by atoms with Gasteiger partial charge in [0, 0.05) is 33.6 Å². The van der Waals surface area contributed by atoms with E-state index >= 15 is 0 Å². The van der Waals surface area contributed by atoms with Crippen LogP contribution in [0.25, 0.3) is 10.9 Å². The van der Waals surface area contributed by atoms with Gasteiger partial charge in [0.1, 0.15) is 0 Å². The SMILES string of the molecule is COC(=O)CC1(C(=O)[C@H](Cc2c[nH]c3ccccc23)NC(=O)c2ccc(Br)cc2)C=CC=CC1. The van der Waals surface area contributed by atoms with Crippen LogP contribution in [0.15, 0.2) is 83.5 Å². The van der Waals surface area contributed by atoms with Gasteiger partial charge in [-0.1, -0.05) is 58.4 Å². The van der Waals surface area contributed by atoms with E-state index in [0.29, 0.717) is 12.0 Å². The molecular formula is C27H25BrN2O4. The first-order valence-corrected chi connectivity index (χ1v) is 11.8. The summed E-state index contributed by atoms with van der Waals surface area (Å²) in [5.41, 5.74) is 1.22. The highest BCUT2D eigenvalue weighted by molar-refractivity contribution is 9.10. The van der Waals surface area contributed by atoms with Crippen LogP contribution in [-0.4, -0.2) is 35.8 Å². The van der Waals surface area contributed by atoms with Crippen LogP contribution < -0.4 is 5.32 Å². The number of aromatic nitrogens is 1. The largest absolute Gasteiger partial charge is 0.469 e. The molecule has 34 heavy (non-hydrogen) atoms. The Labute approximate surface area is 206 Å². The average Bonchev–Trinajstić information content (AvgIpc) is 3.26. The molecule has 0 fully saturated rings. The summed E-state index contributed by atoms with van der Waals surface area (Å²) in [5, 5.41) is 3.93. The first-order valence-electron chi connectivity index (χ1n) is 11.0. The number of benzene rings is 2. The summed E-state index contributed by atoms with van der Waals surface area (Å²) in [4.78, 5) is 42.6. The van der Waals surface area contributed by atoms with Crippen molar-refractivity contribution in [2.24, 2.45) is 5.41 Å². The molecule has 0 saturated carbocycles. The first-order chi connectivity index (χ1) is 16.4. The molecule has 1 amide bonds. The van der Waals surface area contributed by atoms with Gasteiger partial charge in [0.2, 0.25) is 0 Å². The van der Waals surface area contributed by atoms with Crippen LogP contribution in [0, 0.1) is 5.41 Å².